The first kappa shape index (κ1) is 7.56. The summed E-state index contributed by atoms with van der Waals surface area (Å²) in [5, 5.41) is 7.01. The van der Waals surface area contributed by atoms with Gasteiger partial charge in [-0.15, -0.1) is 0 Å². The summed E-state index contributed by atoms with van der Waals surface area (Å²) < 4.78 is 0. The third-order valence-corrected chi connectivity index (χ3v) is 2.99. The van der Waals surface area contributed by atoms with E-state index >= 15 is 0 Å². The monoisotopic (exact) mass is 154 g/mol. The zero-order chi connectivity index (χ0) is 7.52. The van der Waals surface area contributed by atoms with E-state index in [9.17, 15) is 0 Å². The van der Waals surface area contributed by atoms with E-state index < -0.39 is 0 Å². The second-order valence-electron chi connectivity index (χ2n) is 3.84. The van der Waals surface area contributed by atoms with Crippen LogP contribution in [0.1, 0.15) is 38.5 Å². The zero-order valence-corrected chi connectivity index (χ0v) is 7.10. The highest BCUT2D eigenvalue weighted by Crippen LogP contribution is 2.19. The van der Waals surface area contributed by atoms with Gasteiger partial charge in [-0.2, -0.15) is 0 Å². The summed E-state index contributed by atoms with van der Waals surface area (Å²) in [5.74, 6) is 0. The molecular formula is C9H18N2. The van der Waals surface area contributed by atoms with Crippen molar-refractivity contribution in [2.45, 2.75) is 50.6 Å². The molecule has 0 spiro atoms. The Bertz CT molecular complexity index is 103. The zero-order valence-electron chi connectivity index (χ0n) is 7.10. The fourth-order valence-corrected chi connectivity index (χ4v) is 1.57. The van der Waals surface area contributed by atoms with Gasteiger partial charge in [0.25, 0.3) is 0 Å². The van der Waals surface area contributed by atoms with Crippen LogP contribution in [0.15, 0.2) is 0 Å². The summed E-state index contributed by atoms with van der Waals surface area (Å²) in [6.07, 6.45) is 8.44. The molecule has 11 heavy (non-hydrogen) atoms. The number of rotatable bonds is 4. The lowest BCUT2D eigenvalue weighted by Gasteiger charge is -2.30. The second-order valence-corrected chi connectivity index (χ2v) is 3.84. The van der Waals surface area contributed by atoms with E-state index in [1.165, 1.54) is 38.5 Å². The molecule has 0 saturated heterocycles. The van der Waals surface area contributed by atoms with E-state index in [2.05, 4.69) is 10.6 Å². The molecule has 0 bridgehead atoms. The molecule has 2 rings (SSSR count). The van der Waals surface area contributed by atoms with Crippen molar-refractivity contribution in [1.82, 2.24) is 10.6 Å². The lowest BCUT2D eigenvalue weighted by atomic mass is 9.92. The first-order valence-corrected chi connectivity index (χ1v) is 4.92. The molecule has 64 valence electrons. The maximum atomic E-state index is 3.51. The summed E-state index contributed by atoms with van der Waals surface area (Å²) in [6, 6.07) is 1.67. The Morgan fingerprint density at radius 3 is 1.55 bits per heavy atom. The summed E-state index contributed by atoms with van der Waals surface area (Å²) in [5.41, 5.74) is 0. The fourth-order valence-electron chi connectivity index (χ4n) is 1.57. The molecule has 0 aromatic heterocycles. The van der Waals surface area contributed by atoms with E-state index in [1.807, 2.05) is 0 Å². The van der Waals surface area contributed by atoms with Crippen molar-refractivity contribution >= 4 is 0 Å². The van der Waals surface area contributed by atoms with Crippen molar-refractivity contribution in [3.63, 3.8) is 0 Å². The summed E-state index contributed by atoms with van der Waals surface area (Å²) >= 11 is 0. The van der Waals surface area contributed by atoms with Gasteiger partial charge >= 0.3 is 0 Å². The van der Waals surface area contributed by atoms with Crippen LogP contribution in [-0.2, 0) is 0 Å². The molecule has 0 heterocycles. The van der Waals surface area contributed by atoms with Crippen LogP contribution in [0.25, 0.3) is 0 Å². The lowest BCUT2D eigenvalue weighted by molar-refractivity contribution is 0.286. The summed E-state index contributed by atoms with van der Waals surface area (Å²) in [7, 11) is 0. The SMILES string of the molecule is C1CC(NCNC2CCC2)C1. The Kier molecular flexibility index (Phi) is 2.44. The molecule has 2 fully saturated rings. The van der Waals surface area contributed by atoms with Crippen LogP contribution in [-0.4, -0.2) is 18.8 Å². The predicted octanol–water partition coefficient (Wildman–Crippen LogP) is 1.23. The van der Waals surface area contributed by atoms with Gasteiger partial charge in [-0.3, -0.25) is 0 Å². The molecule has 2 saturated carbocycles. The van der Waals surface area contributed by atoms with Crippen molar-refractivity contribution < 1.29 is 0 Å². The Morgan fingerprint density at radius 2 is 1.27 bits per heavy atom. The van der Waals surface area contributed by atoms with E-state index in [0.29, 0.717) is 0 Å². The maximum Gasteiger partial charge on any atom is 0.0458 e. The van der Waals surface area contributed by atoms with Crippen LogP contribution < -0.4 is 10.6 Å². The van der Waals surface area contributed by atoms with Gasteiger partial charge in [-0.25, -0.2) is 0 Å². The molecule has 2 N–H and O–H groups in total. The molecular weight excluding hydrogens is 136 g/mol. The van der Waals surface area contributed by atoms with E-state index in [4.69, 9.17) is 0 Å². The van der Waals surface area contributed by atoms with Crippen LogP contribution in [0.3, 0.4) is 0 Å². The summed E-state index contributed by atoms with van der Waals surface area (Å²) in [6.45, 7) is 1.04. The molecule has 2 nitrogen and oxygen atoms in total. The molecule has 2 aliphatic carbocycles. The second kappa shape index (κ2) is 3.55. The molecule has 2 aliphatic rings. The first-order valence-electron chi connectivity index (χ1n) is 4.92. The average molecular weight is 154 g/mol. The third kappa shape index (κ3) is 1.94. The Morgan fingerprint density at radius 1 is 0.818 bits per heavy atom. The quantitative estimate of drug-likeness (QED) is 0.595. The minimum Gasteiger partial charge on any atom is -0.302 e. The standard InChI is InChI=1S/C9H18N2/c1-3-8(4-1)10-7-11-9-5-2-6-9/h8-11H,1-7H2. The maximum absolute atomic E-state index is 3.51. The van der Waals surface area contributed by atoms with E-state index in [-0.39, 0.29) is 0 Å². The molecule has 0 aromatic rings. The average Bonchev–Trinajstić information content (AvgIpc) is 1.79. The number of hydrogen-bond acceptors (Lipinski definition) is 2. The third-order valence-electron chi connectivity index (χ3n) is 2.99. The van der Waals surface area contributed by atoms with Crippen molar-refractivity contribution in [2.24, 2.45) is 0 Å². The van der Waals surface area contributed by atoms with E-state index in [1.54, 1.807) is 0 Å². The lowest BCUT2D eigenvalue weighted by Crippen LogP contribution is -2.46. The van der Waals surface area contributed by atoms with Crippen molar-refractivity contribution in [3.05, 3.63) is 0 Å². The van der Waals surface area contributed by atoms with Crippen LogP contribution >= 0.6 is 0 Å². The van der Waals surface area contributed by atoms with Gasteiger partial charge in [0.15, 0.2) is 0 Å². The van der Waals surface area contributed by atoms with Gasteiger partial charge in [0.1, 0.15) is 0 Å². The van der Waals surface area contributed by atoms with Crippen molar-refractivity contribution in [1.29, 1.82) is 0 Å². The minimum atomic E-state index is 0.836. The van der Waals surface area contributed by atoms with Gasteiger partial charge in [-0.05, 0) is 25.7 Å². The molecule has 0 unspecified atom stereocenters. The highest BCUT2D eigenvalue weighted by atomic mass is 15.1. The van der Waals surface area contributed by atoms with Gasteiger partial charge < -0.3 is 10.6 Å². The normalized spacial score (nSPS) is 26.2. The number of hydrogen-bond donors (Lipinski definition) is 2. The van der Waals surface area contributed by atoms with Gasteiger partial charge in [0, 0.05) is 18.8 Å². The van der Waals surface area contributed by atoms with Crippen LogP contribution in [0.5, 0.6) is 0 Å². The Hall–Kier alpha value is -0.0800. The van der Waals surface area contributed by atoms with Crippen molar-refractivity contribution in [2.75, 3.05) is 6.67 Å². The highest BCUT2D eigenvalue weighted by molar-refractivity contribution is 4.79. The fraction of sp³-hybridized carbons (Fsp3) is 1.00. The molecule has 0 amide bonds. The van der Waals surface area contributed by atoms with Gasteiger partial charge in [0.2, 0.25) is 0 Å². The topological polar surface area (TPSA) is 24.1 Å². The van der Waals surface area contributed by atoms with Crippen LogP contribution in [0.4, 0.5) is 0 Å². The van der Waals surface area contributed by atoms with Crippen LogP contribution in [0.2, 0.25) is 0 Å². The number of nitrogens with one attached hydrogen (secondary N) is 2. The van der Waals surface area contributed by atoms with Crippen LogP contribution in [0, 0.1) is 0 Å². The largest absolute Gasteiger partial charge is 0.302 e. The molecule has 0 aliphatic heterocycles. The first-order chi connectivity index (χ1) is 5.45. The van der Waals surface area contributed by atoms with Crippen molar-refractivity contribution in [3.8, 4) is 0 Å². The van der Waals surface area contributed by atoms with E-state index in [0.717, 1.165) is 18.8 Å². The highest BCUT2D eigenvalue weighted by Gasteiger charge is 2.18. The molecule has 0 aromatic carbocycles. The van der Waals surface area contributed by atoms with Gasteiger partial charge in [0.05, 0.1) is 0 Å². The van der Waals surface area contributed by atoms with Gasteiger partial charge in [-0.1, -0.05) is 12.8 Å². The smallest absolute Gasteiger partial charge is 0.0458 e. The molecule has 2 heteroatoms. The minimum absolute atomic E-state index is 0.836. The summed E-state index contributed by atoms with van der Waals surface area (Å²) in [4.78, 5) is 0. The predicted molar refractivity (Wildman–Crippen MR) is 46.4 cm³/mol. The molecule has 0 atom stereocenters. The Balaban J connectivity index is 1.46. The molecule has 0 radical (unpaired) electrons. The Labute approximate surface area is 68.7 Å².